The first-order valence-electron chi connectivity index (χ1n) is 6.95. The SMILES string of the molecule is N=C(N)c1ccc(C(=O)Nc2c(N)ncc3ccccc23)cc1. The Morgan fingerprint density at radius 1 is 1.04 bits per heavy atom. The first kappa shape index (κ1) is 14.5. The van der Waals surface area contributed by atoms with Crippen LogP contribution < -0.4 is 16.8 Å². The molecule has 6 nitrogen and oxygen atoms in total. The van der Waals surface area contributed by atoms with Crippen LogP contribution in [0.3, 0.4) is 0 Å². The van der Waals surface area contributed by atoms with Crippen molar-refractivity contribution < 1.29 is 4.79 Å². The molecule has 0 atom stereocenters. The highest BCUT2D eigenvalue weighted by molar-refractivity contribution is 6.11. The number of nitrogens with two attached hydrogens (primary N) is 2. The summed E-state index contributed by atoms with van der Waals surface area (Å²) >= 11 is 0. The number of amides is 1. The van der Waals surface area contributed by atoms with Gasteiger partial charge in [0, 0.05) is 28.1 Å². The van der Waals surface area contributed by atoms with Gasteiger partial charge in [-0.1, -0.05) is 36.4 Å². The molecule has 0 spiro atoms. The third-order valence-electron chi connectivity index (χ3n) is 3.53. The van der Waals surface area contributed by atoms with Gasteiger partial charge in [-0.15, -0.1) is 0 Å². The second kappa shape index (κ2) is 5.76. The number of aromatic nitrogens is 1. The van der Waals surface area contributed by atoms with E-state index in [-0.39, 0.29) is 17.6 Å². The lowest BCUT2D eigenvalue weighted by atomic mass is 10.1. The maximum Gasteiger partial charge on any atom is 0.255 e. The minimum absolute atomic E-state index is 0.0422. The van der Waals surface area contributed by atoms with Gasteiger partial charge < -0.3 is 16.8 Å². The summed E-state index contributed by atoms with van der Waals surface area (Å²) in [7, 11) is 0. The summed E-state index contributed by atoms with van der Waals surface area (Å²) in [6.45, 7) is 0. The van der Waals surface area contributed by atoms with Gasteiger partial charge >= 0.3 is 0 Å². The van der Waals surface area contributed by atoms with Gasteiger partial charge in [-0.05, 0) is 12.1 Å². The molecule has 0 saturated heterocycles. The fourth-order valence-corrected chi connectivity index (χ4v) is 2.30. The van der Waals surface area contributed by atoms with E-state index in [0.29, 0.717) is 16.8 Å². The van der Waals surface area contributed by atoms with E-state index in [4.69, 9.17) is 16.9 Å². The van der Waals surface area contributed by atoms with Crippen LogP contribution in [0.2, 0.25) is 0 Å². The largest absolute Gasteiger partial charge is 0.384 e. The fourth-order valence-electron chi connectivity index (χ4n) is 2.30. The second-order valence-electron chi connectivity index (χ2n) is 5.05. The van der Waals surface area contributed by atoms with E-state index in [9.17, 15) is 4.79 Å². The number of nitrogens with one attached hydrogen (secondary N) is 2. The Kier molecular flexibility index (Phi) is 3.64. The van der Waals surface area contributed by atoms with Gasteiger partial charge in [0.05, 0.1) is 5.69 Å². The summed E-state index contributed by atoms with van der Waals surface area (Å²) < 4.78 is 0. The number of benzene rings is 2. The average molecular weight is 305 g/mol. The van der Waals surface area contributed by atoms with Gasteiger partial charge in [-0.2, -0.15) is 0 Å². The zero-order valence-electron chi connectivity index (χ0n) is 12.2. The Morgan fingerprint density at radius 3 is 2.39 bits per heavy atom. The molecule has 0 saturated carbocycles. The van der Waals surface area contributed by atoms with Crippen molar-refractivity contribution in [2.24, 2.45) is 5.73 Å². The van der Waals surface area contributed by atoms with Crippen LogP contribution in [0.15, 0.2) is 54.7 Å². The number of anilines is 2. The van der Waals surface area contributed by atoms with Crippen molar-refractivity contribution in [3.8, 4) is 0 Å². The Labute approximate surface area is 132 Å². The van der Waals surface area contributed by atoms with Crippen LogP contribution in [0, 0.1) is 5.41 Å². The molecule has 1 aromatic heterocycles. The molecule has 0 aliphatic heterocycles. The highest BCUT2D eigenvalue weighted by Crippen LogP contribution is 2.27. The van der Waals surface area contributed by atoms with Crippen LogP contribution in [-0.2, 0) is 0 Å². The standard InChI is InChI=1S/C17H15N5O/c18-15(19)10-5-7-11(8-6-10)17(23)22-14-13-4-2-1-3-12(13)9-21-16(14)20/h1-9H,(H3,18,19)(H2,20,21)(H,22,23). The molecule has 0 unspecified atom stereocenters. The number of pyridine rings is 1. The first-order chi connectivity index (χ1) is 11.1. The number of carbonyl (C=O) groups excluding carboxylic acids is 1. The molecule has 23 heavy (non-hydrogen) atoms. The van der Waals surface area contributed by atoms with Gasteiger partial charge in [-0.25, -0.2) is 4.98 Å². The smallest absolute Gasteiger partial charge is 0.255 e. The Balaban J connectivity index is 1.94. The number of nitrogens with zero attached hydrogens (tertiary/aromatic N) is 1. The number of rotatable bonds is 3. The monoisotopic (exact) mass is 305 g/mol. The Hall–Kier alpha value is -3.41. The maximum absolute atomic E-state index is 12.4. The molecule has 2 aromatic carbocycles. The van der Waals surface area contributed by atoms with Crippen LogP contribution in [0.4, 0.5) is 11.5 Å². The lowest BCUT2D eigenvalue weighted by Crippen LogP contribution is -2.15. The van der Waals surface area contributed by atoms with Crippen LogP contribution in [0.5, 0.6) is 0 Å². The summed E-state index contributed by atoms with van der Waals surface area (Å²) in [5.41, 5.74) is 12.8. The predicted octanol–water partition coefficient (Wildman–Crippen LogP) is 2.35. The summed E-state index contributed by atoms with van der Waals surface area (Å²) in [5, 5.41) is 11.9. The molecule has 1 heterocycles. The number of nitrogen functional groups attached to an aromatic ring is 2. The van der Waals surface area contributed by atoms with Crippen molar-refractivity contribution in [3.63, 3.8) is 0 Å². The third-order valence-corrected chi connectivity index (χ3v) is 3.53. The molecule has 0 aliphatic rings. The average Bonchev–Trinajstić information content (AvgIpc) is 2.57. The van der Waals surface area contributed by atoms with E-state index in [1.54, 1.807) is 30.5 Å². The lowest BCUT2D eigenvalue weighted by Gasteiger charge is -2.11. The highest BCUT2D eigenvalue weighted by atomic mass is 16.1. The number of fused-ring (bicyclic) bond motifs is 1. The van der Waals surface area contributed by atoms with Gasteiger partial charge in [0.25, 0.3) is 5.91 Å². The highest BCUT2D eigenvalue weighted by Gasteiger charge is 2.12. The minimum atomic E-state index is -0.301. The summed E-state index contributed by atoms with van der Waals surface area (Å²) in [6, 6.07) is 14.0. The summed E-state index contributed by atoms with van der Waals surface area (Å²) in [4.78, 5) is 16.5. The fraction of sp³-hybridized carbons (Fsp3) is 0. The third kappa shape index (κ3) is 2.82. The van der Waals surface area contributed by atoms with Gasteiger partial charge in [0.1, 0.15) is 11.7 Å². The van der Waals surface area contributed by atoms with Crippen molar-refractivity contribution in [2.45, 2.75) is 0 Å². The van der Waals surface area contributed by atoms with Crippen LogP contribution in [0.25, 0.3) is 10.8 Å². The van der Waals surface area contributed by atoms with E-state index < -0.39 is 0 Å². The number of hydrogen-bond acceptors (Lipinski definition) is 4. The quantitative estimate of drug-likeness (QED) is 0.439. The number of amidine groups is 1. The van der Waals surface area contributed by atoms with Crippen molar-refractivity contribution in [3.05, 3.63) is 65.9 Å². The van der Waals surface area contributed by atoms with Crippen molar-refractivity contribution in [2.75, 3.05) is 11.1 Å². The molecule has 114 valence electrons. The van der Waals surface area contributed by atoms with Gasteiger partial charge in [-0.3, -0.25) is 10.2 Å². The van der Waals surface area contributed by atoms with Gasteiger partial charge in [0.2, 0.25) is 0 Å². The van der Waals surface area contributed by atoms with E-state index in [1.807, 2.05) is 24.3 Å². The maximum atomic E-state index is 12.4. The van der Waals surface area contributed by atoms with Crippen molar-refractivity contribution >= 4 is 34.0 Å². The Morgan fingerprint density at radius 2 is 1.70 bits per heavy atom. The first-order valence-corrected chi connectivity index (χ1v) is 6.95. The van der Waals surface area contributed by atoms with Crippen molar-refractivity contribution in [1.29, 1.82) is 5.41 Å². The molecule has 6 N–H and O–H groups in total. The molecule has 0 radical (unpaired) electrons. The molecule has 0 fully saturated rings. The topological polar surface area (TPSA) is 118 Å². The lowest BCUT2D eigenvalue weighted by molar-refractivity contribution is 0.102. The molecular formula is C17H15N5O. The molecule has 6 heteroatoms. The summed E-state index contributed by atoms with van der Waals surface area (Å²) in [5.74, 6) is -0.0817. The molecule has 3 rings (SSSR count). The van der Waals surface area contributed by atoms with Gasteiger partial charge in [0.15, 0.2) is 0 Å². The van der Waals surface area contributed by atoms with E-state index in [0.717, 1.165) is 10.8 Å². The normalized spacial score (nSPS) is 10.4. The summed E-state index contributed by atoms with van der Waals surface area (Å²) in [6.07, 6.45) is 1.67. The van der Waals surface area contributed by atoms with E-state index >= 15 is 0 Å². The molecule has 1 amide bonds. The van der Waals surface area contributed by atoms with Crippen LogP contribution >= 0.6 is 0 Å². The molecule has 0 aliphatic carbocycles. The second-order valence-corrected chi connectivity index (χ2v) is 5.05. The molecule has 0 bridgehead atoms. The van der Waals surface area contributed by atoms with Crippen LogP contribution in [-0.4, -0.2) is 16.7 Å². The minimum Gasteiger partial charge on any atom is -0.384 e. The van der Waals surface area contributed by atoms with E-state index in [1.165, 1.54) is 0 Å². The van der Waals surface area contributed by atoms with Crippen molar-refractivity contribution in [1.82, 2.24) is 4.98 Å². The molecule has 3 aromatic rings. The molecular weight excluding hydrogens is 290 g/mol. The zero-order valence-corrected chi connectivity index (χ0v) is 12.2. The van der Waals surface area contributed by atoms with Crippen LogP contribution in [0.1, 0.15) is 15.9 Å². The number of hydrogen-bond donors (Lipinski definition) is 4. The zero-order chi connectivity index (χ0) is 16.4. The Bertz CT molecular complexity index is 903. The van der Waals surface area contributed by atoms with E-state index in [2.05, 4.69) is 10.3 Å². The number of carbonyl (C=O) groups is 1. The predicted molar refractivity (Wildman–Crippen MR) is 91.6 cm³/mol.